The molecule has 178 valence electrons. The lowest BCUT2D eigenvalue weighted by molar-refractivity contribution is 0.102. The van der Waals surface area contributed by atoms with Crippen LogP contribution in [0.3, 0.4) is 0 Å². The number of hydrogen-bond donors (Lipinski definition) is 2. The molecule has 0 saturated carbocycles. The average Bonchev–Trinajstić information content (AvgIpc) is 2.78. The monoisotopic (exact) mass is 503 g/mol. The van der Waals surface area contributed by atoms with Crippen LogP contribution >= 0.6 is 0 Å². The maximum atomic E-state index is 13.0. The number of nitrogens with zero attached hydrogens (tertiary/aromatic N) is 1. The van der Waals surface area contributed by atoms with Gasteiger partial charge in [0.1, 0.15) is 5.82 Å². The van der Waals surface area contributed by atoms with Gasteiger partial charge in [-0.25, -0.2) is 21.2 Å². The summed E-state index contributed by atoms with van der Waals surface area (Å²) in [7, 11) is -7.41. The Morgan fingerprint density at radius 1 is 0.912 bits per heavy atom. The molecule has 8 nitrogen and oxygen atoms in total. The number of carbonyl (C=O) groups is 1. The Morgan fingerprint density at radius 3 is 2.00 bits per heavy atom. The van der Waals surface area contributed by atoms with Crippen molar-refractivity contribution in [3.63, 3.8) is 0 Å². The van der Waals surface area contributed by atoms with Gasteiger partial charge in [-0.1, -0.05) is 6.08 Å². The minimum Gasteiger partial charge on any atom is -0.322 e. The SMILES string of the molecule is C=CCN(c1ccc(C(=O)Nc2ccc(S(=O)(=O)Nc3ccc(F)cc3)cc2)cc1)S(C)(=O)=O. The number of carbonyl (C=O) groups excluding carboxylic acids is 1. The van der Waals surface area contributed by atoms with Gasteiger partial charge in [-0.3, -0.25) is 13.8 Å². The zero-order valence-electron chi connectivity index (χ0n) is 18.1. The molecule has 3 aromatic carbocycles. The summed E-state index contributed by atoms with van der Waals surface area (Å²) in [5, 5.41) is 2.65. The van der Waals surface area contributed by atoms with E-state index in [9.17, 15) is 26.0 Å². The highest BCUT2D eigenvalue weighted by molar-refractivity contribution is 7.92. The highest BCUT2D eigenvalue weighted by atomic mass is 32.2. The molecule has 0 bridgehead atoms. The summed E-state index contributed by atoms with van der Waals surface area (Å²) in [6.45, 7) is 3.64. The molecule has 1 amide bonds. The molecule has 11 heteroatoms. The summed E-state index contributed by atoms with van der Waals surface area (Å²) >= 11 is 0. The number of sulfonamides is 2. The molecule has 0 aliphatic heterocycles. The molecular formula is C23H22FN3O5S2. The third-order valence-corrected chi connectivity index (χ3v) is 7.19. The van der Waals surface area contributed by atoms with Crippen LogP contribution in [0.4, 0.5) is 21.5 Å². The molecule has 0 aromatic heterocycles. The largest absolute Gasteiger partial charge is 0.322 e. The number of nitrogens with one attached hydrogen (secondary N) is 2. The van der Waals surface area contributed by atoms with Gasteiger partial charge >= 0.3 is 0 Å². The van der Waals surface area contributed by atoms with E-state index in [1.54, 1.807) is 0 Å². The van der Waals surface area contributed by atoms with Gasteiger partial charge in [-0.2, -0.15) is 0 Å². The van der Waals surface area contributed by atoms with Crippen molar-refractivity contribution in [2.24, 2.45) is 0 Å². The second kappa shape index (κ2) is 10.1. The van der Waals surface area contributed by atoms with Crippen LogP contribution in [0, 0.1) is 5.82 Å². The van der Waals surface area contributed by atoms with E-state index in [1.165, 1.54) is 66.7 Å². The number of amides is 1. The van der Waals surface area contributed by atoms with Crippen LogP contribution in [0.25, 0.3) is 0 Å². The van der Waals surface area contributed by atoms with E-state index in [1.807, 2.05) is 0 Å². The van der Waals surface area contributed by atoms with Crippen LogP contribution in [0.5, 0.6) is 0 Å². The van der Waals surface area contributed by atoms with Crippen molar-refractivity contribution in [1.29, 1.82) is 0 Å². The van der Waals surface area contributed by atoms with Gasteiger partial charge in [0.05, 0.1) is 23.4 Å². The van der Waals surface area contributed by atoms with Gasteiger partial charge in [0.25, 0.3) is 15.9 Å². The molecule has 3 rings (SSSR count). The molecule has 0 spiro atoms. The Hall–Kier alpha value is -3.70. The molecule has 0 unspecified atom stereocenters. The normalized spacial score (nSPS) is 11.5. The zero-order chi connectivity index (χ0) is 24.9. The third-order valence-electron chi connectivity index (χ3n) is 4.63. The van der Waals surface area contributed by atoms with E-state index >= 15 is 0 Å². The smallest absolute Gasteiger partial charge is 0.261 e. The maximum absolute atomic E-state index is 13.0. The predicted molar refractivity (Wildman–Crippen MR) is 130 cm³/mol. The highest BCUT2D eigenvalue weighted by Gasteiger charge is 2.17. The molecule has 0 saturated heterocycles. The van der Waals surface area contributed by atoms with Crippen LogP contribution in [0.15, 0.2) is 90.3 Å². The van der Waals surface area contributed by atoms with Gasteiger partial charge in [-0.05, 0) is 72.8 Å². The Balaban J connectivity index is 1.69. The fraction of sp³-hybridized carbons (Fsp3) is 0.0870. The topological polar surface area (TPSA) is 113 Å². The number of benzene rings is 3. The Bertz CT molecular complexity index is 1390. The molecule has 0 aliphatic carbocycles. The number of hydrogen-bond acceptors (Lipinski definition) is 5. The number of halogens is 1. The molecule has 34 heavy (non-hydrogen) atoms. The first-order chi connectivity index (χ1) is 16.0. The van der Waals surface area contributed by atoms with Crippen molar-refractivity contribution in [3.8, 4) is 0 Å². The Morgan fingerprint density at radius 2 is 1.47 bits per heavy atom. The summed E-state index contributed by atoms with van der Waals surface area (Å²) in [5.41, 5.74) is 1.25. The van der Waals surface area contributed by atoms with Crippen LogP contribution < -0.4 is 14.3 Å². The molecule has 0 fully saturated rings. The van der Waals surface area contributed by atoms with Crippen molar-refractivity contribution < 1.29 is 26.0 Å². The first kappa shape index (κ1) is 24.9. The second-order valence-corrected chi connectivity index (χ2v) is 10.8. The summed E-state index contributed by atoms with van der Waals surface area (Å²) < 4.78 is 65.4. The summed E-state index contributed by atoms with van der Waals surface area (Å²) in [5.74, 6) is -0.941. The lowest BCUT2D eigenvalue weighted by Gasteiger charge is -2.20. The minimum atomic E-state index is -3.90. The molecule has 0 heterocycles. The van der Waals surface area contributed by atoms with Gasteiger partial charge in [0.15, 0.2) is 0 Å². The van der Waals surface area contributed by atoms with Crippen molar-refractivity contribution in [2.75, 3.05) is 27.1 Å². The van der Waals surface area contributed by atoms with Gasteiger partial charge in [0.2, 0.25) is 10.0 Å². The fourth-order valence-electron chi connectivity index (χ4n) is 2.98. The Kier molecular flexibility index (Phi) is 7.38. The van der Waals surface area contributed by atoms with Crippen LogP contribution in [0.1, 0.15) is 10.4 Å². The highest BCUT2D eigenvalue weighted by Crippen LogP contribution is 2.21. The molecule has 0 aliphatic rings. The number of anilines is 3. The first-order valence-corrected chi connectivity index (χ1v) is 13.2. The minimum absolute atomic E-state index is 0.0396. The van der Waals surface area contributed by atoms with Crippen molar-refractivity contribution >= 4 is 43.0 Å². The van der Waals surface area contributed by atoms with Crippen LogP contribution in [-0.4, -0.2) is 35.5 Å². The molecular weight excluding hydrogens is 481 g/mol. The lowest BCUT2D eigenvalue weighted by Crippen LogP contribution is -2.29. The van der Waals surface area contributed by atoms with Crippen molar-refractivity contribution in [3.05, 3.63) is 96.8 Å². The van der Waals surface area contributed by atoms with Gasteiger partial charge in [0, 0.05) is 16.9 Å². The predicted octanol–water partition coefficient (Wildman–Crippen LogP) is 3.83. The molecule has 0 radical (unpaired) electrons. The fourth-order valence-corrected chi connectivity index (χ4v) is 4.92. The zero-order valence-corrected chi connectivity index (χ0v) is 19.7. The summed E-state index contributed by atoms with van der Waals surface area (Å²) in [6.07, 6.45) is 2.54. The Labute approximate surface area is 197 Å². The lowest BCUT2D eigenvalue weighted by atomic mass is 10.2. The summed E-state index contributed by atoms with van der Waals surface area (Å²) in [6, 6.07) is 16.4. The van der Waals surface area contributed by atoms with Gasteiger partial charge in [-0.15, -0.1) is 6.58 Å². The molecule has 3 aromatic rings. The van der Waals surface area contributed by atoms with Crippen molar-refractivity contribution in [2.45, 2.75) is 4.90 Å². The van der Waals surface area contributed by atoms with Crippen LogP contribution in [0.2, 0.25) is 0 Å². The molecule has 2 N–H and O–H groups in total. The first-order valence-electron chi connectivity index (χ1n) is 9.88. The van der Waals surface area contributed by atoms with Crippen LogP contribution in [-0.2, 0) is 20.0 Å². The maximum Gasteiger partial charge on any atom is 0.261 e. The van der Waals surface area contributed by atoms with E-state index in [0.29, 0.717) is 11.4 Å². The number of rotatable bonds is 9. The van der Waals surface area contributed by atoms with E-state index in [-0.39, 0.29) is 22.7 Å². The van der Waals surface area contributed by atoms with Gasteiger partial charge < -0.3 is 5.32 Å². The van der Waals surface area contributed by atoms with Crippen molar-refractivity contribution in [1.82, 2.24) is 0 Å². The molecule has 0 atom stereocenters. The van der Waals surface area contributed by atoms with E-state index in [0.717, 1.165) is 22.7 Å². The quantitative estimate of drug-likeness (QED) is 0.431. The van der Waals surface area contributed by atoms with E-state index < -0.39 is 31.8 Å². The van der Waals surface area contributed by atoms with E-state index in [2.05, 4.69) is 16.6 Å². The standard InChI is InChI=1S/C23H22FN3O5S2/c1-3-16-27(33(2,29)30)21-12-4-17(5-13-21)23(28)25-19-10-14-22(15-11-19)34(31,32)26-20-8-6-18(24)7-9-20/h3-15,26H,1,16H2,2H3,(H,25,28). The summed E-state index contributed by atoms with van der Waals surface area (Å²) in [4.78, 5) is 12.5. The average molecular weight is 504 g/mol. The second-order valence-electron chi connectivity index (χ2n) is 7.22. The third kappa shape index (κ3) is 6.21. The van der Waals surface area contributed by atoms with E-state index in [4.69, 9.17) is 0 Å².